The van der Waals surface area contributed by atoms with Gasteiger partial charge in [0.05, 0.1) is 5.92 Å². The van der Waals surface area contributed by atoms with E-state index in [9.17, 15) is 13.2 Å². The standard InChI is InChI=1S/C13H15F3N2/c1-9-6-10-4-2-3-5-12(10)18(9)8-11(7-17)13(14,15)16/h2-6,11H,7-8,17H2,1H3. The Bertz CT molecular complexity index is 543. The molecule has 1 aromatic carbocycles. The van der Waals surface area contributed by atoms with Crippen LogP contribution in [0.4, 0.5) is 13.2 Å². The Labute approximate surface area is 103 Å². The van der Waals surface area contributed by atoms with Crippen molar-refractivity contribution >= 4 is 10.9 Å². The van der Waals surface area contributed by atoms with E-state index >= 15 is 0 Å². The number of nitrogens with zero attached hydrogens (tertiary/aromatic N) is 1. The van der Waals surface area contributed by atoms with E-state index in [1.54, 1.807) is 4.57 Å². The van der Waals surface area contributed by atoms with Crippen molar-refractivity contribution in [3.8, 4) is 0 Å². The maximum absolute atomic E-state index is 12.8. The Balaban J connectivity index is 2.39. The molecule has 5 heteroatoms. The molecular formula is C13H15F3N2. The van der Waals surface area contributed by atoms with Crippen molar-refractivity contribution < 1.29 is 13.2 Å². The van der Waals surface area contributed by atoms with Gasteiger partial charge in [0.2, 0.25) is 0 Å². The monoisotopic (exact) mass is 256 g/mol. The zero-order chi connectivity index (χ0) is 13.3. The Morgan fingerprint density at radius 2 is 1.94 bits per heavy atom. The molecule has 0 aliphatic heterocycles. The lowest BCUT2D eigenvalue weighted by molar-refractivity contribution is -0.174. The van der Waals surface area contributed by atoms with E-state index < -0.39 is 18.6 Å². The topological polar surface area (TPSA) is 30.9 Å². The number of hydrogen-bond acceptors (Lipinski definition) is 1. The third-order valence-electron chi connectivity index (χ3n) is 3.17. The summed E-state index contributed by atoms with van der Waals surface area (Å²) >= 11 is 0. The van der Waals surface area contributed by atoms with Crippen LogP contribution >= 0.6 is 0 Å². The largest absolute Gasteiger partial charge is 0.394 e. The van der Waals surface area contributed by atoms with E-state index in [2.05, 4.69) is 0 Å². The molecule has 0 aliphatic carbocycles. The van der Waals surface area contributed by atoms with Gasteiger partial charge in [-0.05, 0) is 24.4 Å². The lowest BCUT2D eigenvalue weighted by Crippen LogP contribution is -2.34. The predicted molar refractivity (Wildman–Crippen MR) is 65.3 cm³/mol. The predicted octanol–water partition coefficient (Wildman–Crippen LogP) is 3.09. The van der Waals surface area contributed by atoms with Gasteiger partial charge in [-0.2, -0.15) is 13.2 Å². The molecule has 0 bridgehead atoms. The van der Waals surface area contributed by atoms with E-state index in [4.69, 9.17) is 5.73 Å². The second kappa shape index (κ2) is 4.65. The Kier molecular flexibility index (Phi) is 3.34. The third-order valence-corrected chi connectivity index (χ3v) is 3.17. The molecule has 2 rings (SSSR count). The van der Waals surface area contributed by atoms with Crippen LogP contribution in [-0.2, 0) is 6.54 Å². The molecule has 98 valence electrons. The van der Waals surface area contributed by atoms with Gasteiger partial charge in [0.15, 0.2) is 0 Å². The quantitative estimate of drug-likeness (QED) is 0.898. The summed E-state index contributed by atoms with van der Waals surface area (Å²) in [6, 6.07) is 9.30. The number of aromatic nitrogens is 1. The number of aryl methyl sites for hydroxylation is 1. The minimum absolute atomic E-state index is 0.126. The van der Waals surface area contributed by atoms with Gasteiger partial charge in [0.1, 0.15) is 0 Å². The summed E-state index contributed by atoms with van der Waals surface area (Å²) in [5.74, 6) is -1.51. The molecule has 2 aromatic rings. The van der Waals surface area contributed by atoms with Gasteiger partial charge < -0.3 is 10.3 Å². The maximum atomic E-state index is 12.8. The molecule has 0 saturated heterocycles. The SMILES string of the molecule is Cc1cc2ccccc2n1CC(CN)C(F)(F)F. The molecule has 1 aromatic heterocycles. The van der Waals surface area contributed by atoms with Crippen LogP contribution in [-0.4, -0.2) is 17.3 Å². The second-order valence-electron chi connectivity index (χ2n) is 4.43. The molecule has 0 aliphatic rings. The van der Waals surface area contributed by atoms with Crippen LogP contribution in [0.1, 0.15) is 5.69 Å². The van der Waals surface area contributed by atoms with Crippen molar-refractivity contribution in [1.29, 1.82) is 0 Å². The van der Waals surface area contributed by atoms with E-state index in [-0.39, 0.29) is 6.54 Å². The summed E-state index contributed by atoms with van der Waals surface area (Å²) in [5, 5.41) is 0.952. The van der Waals surface area contributed by atoms with E-state index in [1.807, 2.05) is 37.3 Å². The van der Waals surface area contributed by atoms with Crippen LogP contribution in [0.2, 0.25) is 0 Å². The Morgan fingerprint density at radius 1 is 1.28 bits per heavy atom. The number of hydrogen-bond donors (Lipinski definition) is 1. The molecule has 0 fully saturated rings. The van der Waals surface area contributed by atoms with Gasteiger partial charge in [-0.15, -0.1) is 0 Å². The van der Waals surface area contributed by atoms with Crippen LogP contribution in [0.25, 0.3) is 10.9 Å². The molecule has 0 spiro atoms. The van der Waals surface area contributed by atoms with Crippen molar-refractivity contribution in [3.05, 3.63) is 36.0 Å². The van der Waals surface area contributed by atoms with Gasteiger partial charge >= 0.3 is 6.18 Å². The number of benzene rings is 1. The highest BCUT2D eigenvalue weighted by Crippen LogP contribution is 2.29. The molecule has 18 heavy (non-hydrogen) atoms. The van der Waals surface area contributed by atoms with Crippen LogP contribution in [0, 0.1) is 12.8 Å². The molecule has 1 unspecified atom stereocenters. The molecule has 2 nitrogen and oxygen atoms in total. The van der Waals surface area contributed by atoms with Crippen molar-refractivity contribution in [3.63, 3.8) is 0 Å². The van der Waals surface area contributed by atoms with E-state index in [0.29, 0.717) is 0 Å². The molecule has 0 radical (unpaired) electrons. The van der Waals surface area contributed by atoms with Gasteiger partial charge in [-0.1, -0.05) is 18.2 Å². The van der Waals surface area contributed by atoms with Gasteiger partial charge in [-0.25, -0.2) is 0 Å². The number of nitrogens with two attached hydrogens (primary N) is 1. The molecule has 1 atom stereocenters. The normalized spacial score (nSPS) is 14.1. The first-order valence-corrected chi connectivity index (χ1v) is 5.75. The first-order chi connectivity index (χ1) is 8.43. The summed E-state index contributed by atoms with van der Waals surface area (Å²) < 4.78 is 39.9. The summed E-state index contributed by atoms with van der Waals surface area (Å²) in [6.45, 7) is 1.29. The van der Waals surface area contributed by atoms with Gasteiger partial charge in [0, 0.05) is 24.3 Å². The fourth-order valence-electron chi connectivity index (χ4n) is 2.12. The van der Waals surface area contributed by atoms with Crippen LogP contribution in [0.15, 0.2) is 30.3 Å². The zero-order valence-corrected chi connectivity index (χ0v) is 10.0. The van der Waals surface area contributed by atoms with Crippen molar-refractivity contribution in [2.24, 2.45) is 11.7 Å². The molecular weight excluding hydrogens is 241 g/mol. The minimum atomic E-state index is -4.26. The van der Waals surface area contributed by atoms with Crippen LogP contribution < -0.4 is 5.73 Å². The van der Waals surface area contributed by atoms with Crippen molar-refractivity contribution in [1.82, 2.24) is 4.57 Å². The zero-order valence-electron chi connectivity index (χ0n) is 10.0. The minimum Gasteiger partial charge on any atom is -0.344 e. The number of alkyl halides is 3. The molecule has 0 saturated carbocycles. The fraction of sp³-hybridized carbons (Fsp3) is 0.385. The first kappa shape index (κ1) is 13.0. The number of para-hydroxylation sites is 1. The smallest absolute Gasteiger partial charge is 0.344 e. The second-order valence-corrected chi connectivity index (χ2v) is 4.43. The first-order valence-electron chi connectivity index (χ1n) is 5.75. The summed E-state index contributed by atoms with van der Waals surface area (Å²) in [5.41, 5.74) is 6.87. The third kappa shape index (κ3) is 2.36. The van der Waals surface area contributed by atoms with Crippen molar-refractivity contribution in [2.75, 3.05) is 6.54 Å². The molecule has 0 amide bonds. The Hall–Kier alpha value is -1.49. The highest BCUT2D eigenvalue weighted by Gasteiger charge is 2.38. The van der Waals surface area contributed by atoms with E-state index in [1.165, 1.54) is 0 Å². The highest BCUT2D eigenvalue weighted by molar-refractivity contribution is 5.81. The summed E-state index contributed by atoms with van der Waals surface area (Å²) in [6.07, 6.45) is -4.26. The van der Waals surface area contributed by atoms with Crippen molar-refractivity contribution in [2.45, 2.75) is 19.6 Å². The van der Waals surface area contributed by atoms with E-state index in [0.717, 1.165) is 16.6 Å². The summed E-state index contributed by atoms with van der Waals surface area (Å²) in [7, 11) is 0. The number of rotatable bonds is 3. The highest BCUT2D eigenvalue weighted by atomic mass is 19.4. The Morgan fingerprint density at radius 3 is 2.56 bits per heavy atom. The molecule has 1 heterocycles. The van der Waals surface area contributed by atoms with Gasteiger partial charge in [0.25, 0.3) is 0 Å². The average Bonchev–Trinajstić information content (AvgIpc) is 2.60. The number of halogens is 3. The number of fused-ring (bicyclic) bond motifs is 1. The summed E-state index contributed by atoms with van der Waals surface area (Å²) in [4.78, 5) is 0. The lowest BCUT2D eigenvalue weighted by atomic mass is 10.1. The van der Waals surface area contributed by atoms with Crippen LogP contribution in [0.3, 0.4) is 0 Å². The maximum Gasteiger partial charge on any atom is 0.394 e. The average molecular weight is 256 g/mol. The fourth-order valence-corrected chi connectivity index (χ4v) is 2.12. The molecule has 2 N–H and O–H groups in total. The van der Waals surface area contributed by atoms with Crippen LogP contribution in [0.5, 0.6) is 0 Å². The lowest BCUT2D eigenvalue weighted by Gasteiger charge is -2.20. The van der Waals surface area contributed by atoms with Gasteiger partial charge in [-0.3, -0.25) is 0 Å².